The zero-order valence-electron chi connectivity index (χ0n) is 13.4. The first-order chi connectivity index (χ1) is 12.0. The van der Waals surface area contributed by atoms with Crippen molar-refractivity contribution in [2.45, 2.75) is 6.92 Å². The number of fused-ring (bicyclic) bond motifs is 1. The highest BCUT2D eigenvalue weighted by molar-refractivity contribution is 6.31. The Balaban J connectivity index is 1.70. The first-order valence-corrected chi connectivity index (χ1v) is 7.90. The Labute approximate surface area is 149 Å². The van der Waals surface area contributed by atoms with Crippen molar-refractivity contribution in [2.75, 3.05) is 10.6 Å². The summed E-state index contributed by atoms with van der Waals surface area (Å²) in [5.41, 5.74) is 2.63. The van der Waals surface area contributed by atoms with Crippen LogP contribution >= 0.6 is 11.6 Å². The molecule has 7 heteroatoms. The molecule has 3 aromatic rings. The summed E-state index contributed by atoms with van der Waals surface area (Å²) in [6.07, 6.45) is 4.83. The number of nitrogens with one attached hydrogen (secondary N) is 2. The molecule has 0 radical (unpaired) electrons. The van der Waals surface area contributed by atoms with Gasteiger partial charge in [0.1, 0.15) is 5.65 Å². The third-order valence-electron chi connectivity index (χ3n) is 3.39. The van der Waals surface area contributed by atoms with Crippen LogP contribution in [0.1, 0.15) is 12.6 Å². The molecule has 2 heterocycles. The van der Waals surface area contributed by atoms with E-state index < -0.39 is 0 Å². The first-order valence-electron chi connectivity index (χ1n) is 7.52. The maximum atomic E-state index is 12.1. The van der Waals surface area contributed by atoms with Crippen LogP contribution in [0.2, 0.25) is 5.15 Å². The number of aromatic nitrogens is 2. The van der Waals surface area contributed by atoms with Gasteiger partial charge in [-0.05, 0) is 42.5 Å². The number of amides is 2. The summed E-state index contributed by atoms with van der Waals surface area (Å²) in [7, 11) is 0. The molecule has 0 aliphatic rings. The number of halogens is 1. The summed E-state index contributed by atoms with van der Waals surface area (Å²) in [6.45, 7) is 1.44. The van der Waals surface area contributed by atoms with Crippen molar-refractivity contribution in [2.24, 2.45) is 0 Å². The van der Waals surface area contributed by atoms with E-state index in [9.17, 15) is 9.59 Å². The number of hydrogen-bond acceptors (Lipinski definition) is 3. The number of nitrogens with zero attached hydrogens (tertiary/aromatic N) is 2. The van der Waals surface area contributed by atoms with E-state index in [2.05, 4.69) is 15.6 Å². The molecule has 2 N–H and O–H groups in total. The Hall–Kier alpha value is -3.12. The van der Waals surface area contributed by atoms with Crippen molar-refractivity contribution in [3.63, 3.8) is 0 Å². The molecule has 0 bridgehead atoms. The molecule has 2 amide bonds. The number of rotatable bonds is 4. The van der Waals surface area contributed by atoms with Gasteiger partial charge in [-0.15, -0.1) is 0 Å². The highest BCUT2D eigenvalue weighted by atomic mass is 35.5. The summed E-state index contributed by atoms with van der Waals surface area (Å²) in [5.74, 6) is -0.446. The van der Waals surface area contributed by atoms with Gasteiger partial charge in [0.15, 0.2) is 5.15 Å². The van der Waals surface area contributed by atoms with E-state index in [1.807, 2.05) is 24.4 Å². The van der Waals surface area contributed by atoms with E-state index >= 15 is 0 Å². The van der Waals surface area contributed by atoms with Crippen LogP contribution in [0.25, 0.3) is 11.7 Å². The van der Waals surface area contributed by atoms with E-state index in [1.165, 1.54) is 13.0 Å². The summed E-state index contributed by atoms with van der Waals surface area (Å²) in [4.78, 5) is 27.3. The van der Waals surface area contributed by atoms with Crippen molar-refractivity contribution >= 4 is 46.5 Å². The first kappa shape index (κ1) is 16.7. The Morgan fingerprint density at radius 3 is 2.44 bits per heavy atom. The predicted molar refractivity (Wildman–Crippen MR) is 98.6 cm³/mol. The SMILES string of the molecule is CC(=O)Nc1ccc(NC(=O)/C=C/c2c(Cl)nc3ccccn23)cc1. The second kappa shape index (κ2) is 7.19. The zero-order chi connectivity index (χ0) is 17.8. The molecule has 25 heavy (non-hydrogen) atoms. The number of hydrogen-bond donors (Lipinski definition) is 2. The lowest BCUT2D eigenvalue weighted by molar-refractivity contribution is -0.114. The highest BCUT2D eigenvalue weighted by Crippen LogP contribution is 2.19. The Bertz CT molecular complexity index is 961. The van der Waals surface area contributed by atoms with Crippen LogP contribution in [0.15, 0.2) is 54.7 Å². The molecule has 6 nitrogen and oxygen atoms in total. The maximum Gasteiger partial charge on any atom is 0.248 e. The standard InChI is InChI=1S/C18H15ClN4O2/c1-12(24)20-13-5-7-14(8-6-13)21-17(25)10-9-15-18(19)22-16-4-2-3-11-23(15)16/h2-11H,1H3,(H,20,24)(H,21,25)/b10-9+. The lowest BCUT2D eigenvalue weighted by Gasteiger charge is -2.05. The van der Waals surface area contributed by atoms with Crippen molar-refractivity contribution in [1.82, 2.24) is 9.38 Å². The molecule has 0 unspecified atom stereocenters. The molecule has 0 fully saturated rings. The Morgan fingerprint density at radius 1 is 1.08 bits per heavy atom. The van der Waals surface area contributed by atoms with Crippen LogP contribution in [0, 0.1) is 0 Å². The molecule has 0 aliphatic heterocycles. The molecule has 0 atom stereocenters. The molecule has 0 spiro atoms. The number of anilines is 2. The smallest absolute Gasteiger partial charge is 0.248 e. The third kappa shape index (κ3) is 4.05. The van der Waals surface area contributed by atoms with Gasteiger partial charge in [-0.3, -0.25) is 14.0 Å². The number of imidazole rings is 1. The fourth-order valence-electron chi connectivity index (χ4n) is 2.31. The van der Waals surface area contributed by atoms with Crippen molar-refractivity contribution < 1.29 is 9.59 Å². The summed E-state index contributed by atoms with van der Waals surface area (Å²) in [6, 6.07) is 12.4. The van der Waals surface area contributed by atoms with E-state index in [0.29, 0.717) is 27.9 Å². The minimum atomic E-state index is -0.297. The van der Waals surface area contributed by atoms with Gasteiger partial charge in [0, 0.05) is 30.6 Å². The van der Waals surface area contributed by atoms with Gasteiger partial charge < -0.3 is 10.6 Å². The lowest BCUT2D eigenvalue weighted by atomic mass is 10.2. The van der Waals surface area contributed by atoms with Crippen LogP contribution in [0.3, 0.4) is 0 Å². The molecule has 0 saturated heterocycles. The van der Waals surface area contributed by atoms with Crippen molar-refractivity contribution in [1.29, 1.82) is 0 Å². The molecule has 0 aliphatic carbocycles. The summed E-state index contributed by atoms with van der Waals surface area (Å²) >= 11 is 6.12. The van der Waals surface area contributed by atoms with E-state index in [0.717, 1.165) is 0 Å². The largest absolute Gasteiger partial charge is 0.326 e. The van der Waals surface area contributed by atoms with Crippen molar-refractivity contribution in [3.8, 4) is 0 Å². The minimum absolute atomic E-state index is 0.148. The van der Waals surface area contributed by atoms with Crippen LogP contribution in [-0.2, 0) is 9.59 Å². The van der Waals surface area contributed by atoms with E-state index in [4.69, 9.17) is 11.6 Å². The minimum Gasteiger partial charge on any atom is -0.326 e. The van der Waals surface area contributed by atoms with Gasteiger partial charge in [0.05, 0.1) is 5.69 Å². The van der Waals surface area contributed by atoms with Crippen LogP contribution in [0.4, 0.5) is 11.4 Å². The van der Waals surface area contributed by atoms with Crippen LogP contribution < -0.4 is 10.6 Å². The van der Waals surface area contributed by atoms with Crippen molar-refractivity contribution in [3.05, 3.63) is 65.6 Å². The normalized spacial score (nSPS) is 11.0. The van der Waals surface area contributed by atoms with E-state index in [-0.39, 0.29) is 11.8 Å². The van der Waals surface area contributed by atoms with Gasteiger partial charge in [-0.1, -0.05) is 17.7 Å². The average Bonchev–Trinajstić information content (AvgIpc) is 2.89. The monoisotopic (exact) mass is 354 g/mol. The van der Waals surface area contributed by atoms with Crippen LogP contribution in [-0.4, -0.2) is 21.2 Å². The number of pyridine rings is 1. The molecule has 0 saturated carbocycles. The molecular formula is C18H15ClN4O2. The number of carbonyl (C=O) groups is 2. The van der Waals surface area contributed by atoms with E-state index in [1.54, 1.807) is 34.7 Å². The maximum absolute atomic E-state index is 12.1. The third-order valence-corrected chi connectivity index (χ3v) is 3.67. The lowest BCUT2D eigenvalue weighted by Crippen LogP contribution is -2.08. The quantitative estimate of drug-likeness (QED) is 0.703. The highest BCUT2D eigenvalue weighted by Gasteiger charge is 2.07. The molecule has 1 aromatic carbocycles. The zero-order valence-corrected chi connectivity index (χ0v) is 14.1. The summed E-state index contributed by atoms with van der Waals surface area (Å²) < 4.78 is 1.80. The molecule has 2 aromatic heterocycles. The molecule has 126 valence electrons. The fourth-order valence-corrected chi connectivity index (χ4v) is 2.55. The Kier molecular flexibility index (Phi) is 4.81. The van der Waals surface area contributed by atoms with Gasteiger partial charge in [-0.25, -0.2) is 4.98 Å². The van der Waals surface area contributed by atoms with Gasteiger partial charge >= 0.3 is 0 Å². The molecule has 3 rings (SSSR count). The number of carbonyl (C=O) groups excluding carboxylic acids is 2. The topological polar surface area (TPSA) is 75.5 Å². The number of benzene rings is 1. The second-order valence-corrected chi connectivity index (χ2v) is 5.66. The van der Waals surface area contributed by atoms with Crippen LogP contribution in [0.5, 0.6) is 0 Å². The van der Waals surface area contributed by atoms with Gasteiger partial charge in [-0.2, -0.15) is 0 Å². The van der Waals surface area contributed by atoms with Gasteiger partial charge in [0.25, 0.3) is 0 Å². The van der Waals surface area contributed by atoms with Gasteiger partial charge in [0.2, 0.25) is 11.8 Å². The Morgan fingerprint density at radius 2 is 1.76 bits per heavy atom. The second-order valence-electron chi connectivity index (χ2n) is 5.30. The molecular weight excluding hydrogens is 340 g/mol. The predicted octanol–water partition coefficient (Wildman–Crippen LogP) is 3.60. The average molecular weight is 355 g/mol. The summed E-state index contributed by atoms with van der Waals surface area (Å²) in [5, 5.41) is 5.73. The fraction of sp³-hybridized carbons (Fsp3) is 0.0556.